The van der Waals surface area contributed by atoms with Crippen LogP contribution in [0.1, 0.15) is 40.4 Å². The van der Waals surface area contributed by atoms with Crippen LogP contribution in [0.15, 0.2) is 73.2 Å². The third-order valence-corrected chi connectivity index (χ3v) is 7.04. The summed E-state index contributed by atoms with van der Waals surface area (Å²) in [6.45, 7) is 4.46. The highest BCUT2D eigenvalue weighted by atomic mass is 16.6. The molecule has 0 aliphatic carbocycles. The predicted octanol–water partition coefficient (Wildman–Crippen LogP) is 5.31. The summed E-state index contributed by atoms with van der Waals surface area (Å²) in [5.41, 5.74) is 5.98. The third-order valence-electron chi connectivity index (χ3n) is 7.04. The molecule has 186 valence electrons. The zero-order valence-electron chi connectivity index (χ0n) is 20.8. The van der Waals surface area contributed by atoms with E-state index in [9.17, 15) is 4.79 Å². The van der Waals surface area contributed by atoms with Gasteiger partial charge in [0, 0.05) is 54.3 Å². The number of benzene rings is 2. The molecule has 4 heterocycles. The first-order valence-corrected chi connectivity index (χ1v) is 12.7. The lowest BCUT2D eigenvalue weighted by molar-refractivity contribution is 0.0711. The second kappa shape index (κ2) is 10.0. The second-order valence-corrected chi connectivity index (χ2v) is 9.52. The van der Waals surface area contributed by atoms with Crippen LogP contribution in [0.3, 0.4) is 0 Å². The molecule has 0 saturated carbocycles. The Balaban J connectivity index is 1.26. The fraction of sp³-hybridized carbons (Fsp3) is 0.267. The van der Waals surface area contributed by atoms with E-state index in [4.69, 9.17) is 19.4 Å². The number of aromatic nitrogens is 3. The number of nitrogens with zero attached hydrogens (tertiary/aromatic N) is 4. The summed E-state index contributed by atoms with van der Waals surface area (Å²) in [7, 11) is 0. The Kier molecular flexibility index (Phi) is 6.26. The van der Waals surface area contributed by atoms with Gasteiger partial charge in [-0.25, -0.2) is 9.97 Å². The van der Waals surface area contributed by atoms with Crippen LogP contribution in [-0.2, 0) is 0 Å². The van der Waals surface area contributed by atoms with Crippen LogP contribution >= 0.6 is 0 Å². The van der Waals surface area contributed by atoms with Gasteiger partial charge in [-0.2, -0.15) is 0 Å². The molecular weight excluding hydrogens is 464 g/mol. The van der Waals surface area contributed by atoms with E-state index in [1.807, 2.05) is 35.4 Å². The zero-order valence-corrected chi connectivity index (χ0v) is 20.8. The number of likely N-dealkylation sites (tertiary alicyclic amines) is 1. The van der Waals surface area contributed by atoms with Gasteiger partial charge in [0.05, 0.1) is 5.69 Å². The number of hydrogen-bond donors (Lipinski definition) is 0. The van der Waals surface area contributed by atoms with Gasteiger partial charge in [-0.05, 0) is 55.7 Å². The average molecular weight is 493 g/mol. The maximum atomic E-state index is 13.3. The zero-order chi connectivity index (χ0) is 25.2. The Morgan fingerprint density at radius 1 is 0.919 bits per heavy atom. The highest BCUT2D eigenvalue weighted by molar-refractivity contribution is 5.95. The molecule has 1 amide bonds. The van der Waals surface area contributed by atoms with Gasteiger partial charge in [0.1, 0.15) is 13.2 Å². The molecule has 1 saturated heterocycles. The van der Waals surface area contributed by atoms with Crippen molar-refractivity contribution >= 4 is 5.91 Å². The van der Waals surface area contributed by atoms with Crippen molar-refractivity contribution in [2.24, 2.45) is 0 Å². The molecule has 0 N–H and O–H groups in total. The number of carbonyl (C=O) groups excluding carboxylic acids is 1. The highest BCUT2D eigenvalue weighted by Gasteiger charge is 2.28. The van der Waals surface area contributed by atoms with Crippen molar-refractivity contribution in [2.75, 3.05) is 26.3 Å². The van der Waals surface area contributed by atoms with E-state index in [0.29, 0.717) is 49.2 Å². The minimum atomic E-state index is 0.0227. The molecule has 0 radical (unpaired) electrons. The number of ether oxygens (including phenoxy) is 2. The first-order chi connectivity index (χ1) is 18.2. The molecule has 37 heavy (non-hydrogen) atoms. The highest BCUT2D eigenvalue weighted by Crippen LogP contribution is 2.36. The summed E-state index contributed by atoms with van der Waals surface area (Å²) >= 11 is 0. The second-order valence-electron chi connectivity index (χ2n) is 9.52. The van der Waals surface area contributed by atoms with Crippen LogP contribution in [0.2, 0.25) is 0 Å². The minimum absolute atomic E-state index is 0.0227. The van der Waals surface area contributed by atoms with Crippen LogP contribution in [0.25, 0.3) is 22.5 Å². The van der Waals surface area contributed by atoms with Gasteiger partial charge < -0.3 is 14.4 Å². The molecule has 1 fully saturated rings. The number of carbonyl (C=O) groups is 1. The predicted molar refractivity (Wildman–Crippen MR) is 141 cm³/mol. The Labute approximate surface area is 216 Å². The summed E-state index contributed by atoms with van der Waals surface area (Å²) in [4.78, 5) is 29.1. The Hall–Kier alpha value is -4.26. The van der Waals surface area contributed by atoms with E-state index in [1.54, 1.807) is 18.5 Å². The van der Waals surface area contributed by atoms with E-state index in [-0.39, 0.29) is 11.8 Å². The van der Waals surface area contributed by atoms with E-state index >= 15 is 0 Å². The minimum Gasteiger partial charge on any atom is -0.486 e. The van der Waals surface area contributed by atoms with Gasteiger partial charge >= 0.3 is 0 Å². The summed E-state index contributed by atoms with van der Waals surface area (Å²) in [6, 6.07) is 17.8. The van der Waals surface area contributed by atoms with E-state index < -0.39 is 0 Å². The topological polar surface area (TPSA) is 77.4 Å². The van der Waals surface area contributed by atoms with Crippen molar-refractivity contribution in [3.63, 3.8) is 0 Å². The van der Waals surface area contributed by atoms with Crippen molar-refractivity contribution < 1.29 is 14.3 Å². The van der Waals surface area contributed by atoms with Gasteiger partial charge in [0.25, 0.3) is 5.91 Å². The molecular formula is C30H28N4O3. The molecule has 0 unspecified atom stereocenters. The van der Waals surface area contributed by atoms with Crippen molar-refractivity contribution in [2.45, 2.75) is 25.7 Å². The third kappa shape index (κ3) is 4.77. The van der Waals surface area contributed by atoms with Crippen LogP contribution in [0.5, 0.6) is 11.5 Å². The normalized spacial score (nSPS) is 15.4. The SMILES string of the molecule is Cc1cccc(-c2cnc(-c3ccncc3)nc2C2CCN(C(=O)c3ccc4c(c3)OCCO4)CC2)c1. The number of piperidine rings is 1. The summed E-state index contributed by atoms with van der Waals surface area (Å²) in [5, 5.41) is 0. The van der Waals surface area contributed by atoms with E-state index in [0.717, 1.165) is 35.2 Å². The quantitative estimate of drug-likeness (QED) is 0.385. The number of hydrogen-bond acceptors (Lipinski definition) is 6. The maximum absolute atomic E-state index is 13.3. The van der Waals surface area contributed by atoms with Crippen LogP contribution < -0.4 is 9.47 Å². The fourth-order valence-corrected chi connectivity index (χ4v) is 5.10. The Bertz CT molecular complexity index is 1430. The summed E-state index contributed by atoms with van der Waals surface area (Å²) in [6.07, 6.45) is 7.13. The Morgan fingerprint density at radius 3 is 2.49 bits per heavy atom. The molecule has 7 nitrogen and oxygen atoms in total. The molecule has 7 heteroatoms. The molecule has 2 aromatic carbocycles. The molecule has 2 aliphatic heterocycles. The van der Waals surface area contributed by atoms with Gasteiger partial charge in [-0.3, -0.25) is 9.78 Å². The van der Waals surface area contributed by atoms with Crippen molar-refractivity contribution in [1.82, 2.24) is 19.9 Å². The van der Waals surface area contributed by atoms with Gasteiger partial charge in [0.2, 0.25) is 0 Å². The number of aryl methyl sites for hydroxylation is 1. The largest absolute Gasteiger partial charge is 0.486 e. The van der Waals surface area contributed by atoms with Crippen molar-refractivity contribution in [3.05, 3.63) is 90.0 Å². The van der Waals surface area contributed by atoms with E-state index in [2.05, 4.69) is 36.2 Å². The fourth-order valence-electron chi connectivity index (χ4n) is 5.10. The van der Waals surface area contributed by atoms with Crippen molar-refractivity contribution in [1.29, 1.82) is 0 Å². The van der Waals surface area contributed by atoms with Crippen LogP contribution in [0, 0.1) is 6.92 Å². The van der Waals surface area contributed by atoms with Crippen molar-refractivity contribution in [3.8, 4) is 34.0 Å². The lowest BCUT2D eigenvalue weighted by Gasteiger charge is -2.33. The number of rotatable bonds is 4. The molecule has 4 aromatic rings. The smallest absolute Gasteiger partial charge is 0.253 e. The van der Waals surface area contributed by atoms with E-state index in [1.165, 1.54) is 5.56 Å². The number of pyridine rings is 1. The first kappa shape index (κ1) is 23.2. The monoisotopic (exact) mass is 492 g/mol. The van der Waals surface area contributed by atoms with Gasteiger partial charge in [0.15, 0.2) is 17.3 Å². The lowest BCUT2D eigenvalue weighted by Crippen LogP contribution is -2.38. The maximum Gasteiger partial charge on any atom is 0.253 e. The number of amides is 1. The van der Waals surface area contributed by atoms with Gasteiger partial charge in [-0.1, -0.05) is 29.8 Å². The molecule has 0 bridgehead atoms. The van der Waals surface area contributed by atoms with Gasteiger partial charge in [-0.15, -0.1) is 0 Å². The molecule has 0 spiro atoms. The first-order valence-electron chi connectivity index (χ1n) is 12.7. The number of fused-ring (bicyclic) bond motifs is 1. The standard InChI is InChI=1S/C30H28N4O3/c1-20-3-2-4-23(17-20)25-19-32-29(22-7-11-31-12-8-22)33-28(25)21-9-13-34(14-10-21)30(35)24-5-6-26-27(18-24)37-16-15-36-26/h2-8,11-12,17-19,21H,9-10,13-16H2,1H3. The average Bonchev–Trinajstić information content (AvgIpc) is 2.97. The van der Waals surface area contributed by atoms with Crippen LogP contribution in [0.4, 0.5) is 0 Å². The summed E-state index contributed by atoms with van der Waals surface area (Å²) < 4.78 is 11.3. The molecule has 2 aliphatic rings. The molecule has 0 atom stereocenters. The summed E-state index contributed by atoms with van der Waals surface area (Å²) in [5.74, 6) is 2.28. The lowest BCUT2D eigenvalue weighted by atomic mass is 9.88. The molecule has 2 aromatic heterocycles. The Morgan fingerprint density at radius 2 is 1.70 bits per heavy atom. The van der Waals surface area contributed by atoms with Crippen LogP contribution in [-0.4, -0.2) is 52.1 Å². The molecule has 6 rings (SSSR count).